The van der Waals surface area contributed by atoms with E-state index < -0.39 is 38.3 Å². The zero-order chi connectivity index (χ0) is 18.6. The fourth-order valence-electron chi connectivity index (χ4n) is 0.885. The van der Waals surface area contributed by atoms with E-state index in [0.29, 0.717) is 0 Å². The van der Waals surface area contributed by atoms with Gasteiger partial charge in [-0.05, 0) is 6.42 Å². The molecule has 0 aliphatic carbocycles. The number of hydrogen-bond acceptors (Lipinski definition) is 4. The second-order valence-electron chi connectivity index (χ2n) is 4.93. The molecule has 0 saturated carbocycles. The molecule has 14 heteroatoms. The standard InChI is InChI=1S/C6H16P.C2F6NO4S2/c1-5-6-7(2,3)4;3-1(4,5)14(10,11)9-15(12,13)2(6,7)8/h5-6H2,1-4H3;/q+1;-1. The van der Waals surface area contributed by atoms with Crippen molar-refractivity contribution in [3.8, 4) is 0 Å². The maximum absolute atomic E-state index is 11.4. The minimum Gasteiger partial charge on any atom is -0.421 e. The first kappa shape index (κ1) is 24.1. The number of alkyl halides is 6. The summed E-state index contributed by atoms with van der Waals surface area (Å²) in [5, 5.41) is 0. The zero-order valence-corrected chi connectivity index (χ0v) is 14.6. The fraction of sp³-hybridized carbons (Fsp3) is 1.00. The van der Waals surface area contributed by atoms with Gasteiger partial charge in [0.25, 0.3) is 0 Å². The zero-order valence-electron chi connectivity index (χ0n) is 12.0. The van der Waals surface area contributed by atoms with Crippen LogP contribution in [0.3, 0.4) is 0 Å². The van der Waals surface area contributed by atoms with Gasteiger partial charge in [0.15, 0.2) is 20.0 Å². The van der Waals surface area contributed by atoms with Gasteiger partial charge in [-0.15, -0.1) is 0 Å². The Morgan fingerprint density at radius 1 is 0.818 bits per heavy atom. The van der Waals surface area contributed by atoms with Crippen LogP contribution in [-0.2, 0) is 20.0 Å². The van der Waals surface area contributed by atoms with Crippen LogP contribution in [0.2, 0.25) is 0 Å². The molecule has 0 aromatic rings. The lowest BCUT2D eigenvalue weighted by Gasteiger charge is -2.22. The van der Waals surface area contributed by atoms with Crippen LogP contribution in [0.4, 0.5) is 26.3 Å². The number of nitrogens with zero attached hydrogens (tertiary/aromatic N) is 1. The molecule has 0 atom stereocenters. The third-order valence-electron chi connectivity index (χ3n) is 1.68. The van der Waals surface area contributed by atoms with Gasteiger partial charge >= 0.3 is 11.0 Å². The predicted octanol–water partition coefficient (Wildman–Crippen LogP) is 3.36. The molecule has 0 saturated heterocycles. The van der Waals surface area contributed by atoms with Gasteiger partial charge in [-0.3, -0.25) is 0 Å². The Morgan fingerprint density at radius 3 is 1.18 bits per heavy atom. The summed E-state index contributed by atoms with van der Waals surface area (Å²) in [4.78, 5) is 0. The van der Waals surface area contributed by atoms with E-state index in [1.54, 1.807) is 0 Å². The van der Waals surface area contributed by atoms with Crippen LogP contribution in [0, 0.1) is 0 Å². The quantitative estimate of drug-likeness (QED) is 0.536. The maximum Gasteiger partial charge on any atom is 0.480 e. The number of hydrogen-bond donors (Lipinski definition) is 0. The van der Waals surface area contributed by atoms with Crippen LogP contribution in [-0.4, -0.2) is 54.0 Å². The van der Waals surface area contributed by atoms with E-state index in [2.05, 4.69) is 26.9 Å². The normalized spacial score (nSPS) is 14.3. The molecule has 0 spiro atoms. The highest BCUT2D eigenvalue weighted by atomic mass is 32.3. The second kappa shape index (κ2) is 7.63. The Kier molecular flexibility index (Phi) is 8.36. The predicted molar refractivity (Wildman–Crippen MR) is 73.2 cm³/mol. The molecule has 0 amide bonds. The molecule has 0 fully saturated rings. The van der Waals surface area contributed by atoms with Crippen LogP contribution in [0.25, 0.3) is 4.13 Å². The Balaban J connectivity index is 0. The summed E-state index contributed by atoms with van der Waals surface area (Å²) >= 11 is 0. The van der Waals surface area contributed by atoms with Crippen molar-refractivity contribution in [2.24, 2.45) is 0 Å². The lowest BCUT2D eigenvalue weighted by Crippen LogP contribution is -2.30. The molecule has 0 unspecified atom stereocenters. The van der Waals surface area contributed by atoms with Crippen LogP contribution < -0.4 is 0 Å². The van der Waals surface area contributed by atoms with Gasteiger partial charge in [-0.1, -0.05) is 6.92 Å². The molecule has 0 aromatic heterocycles. The van der Waals surface area contributed by atoms with Gasteiger partial charge in [0.2, 0.25) is 0 Å². The molecule has 0 rings (SSSR count). The topological polar surface area (TPSA) is 82.4 Å². The highest BCUT2D eigenvalue weighted by molar-refractivity contribution is 8.13. The maximum atomic E-state index is 11.4. The number of sulfonamides is 2. The highest BCUT2D eigenvalue weighted by Crippen LogP contribution is 2.46. The van der Waals surface area contributed by atoms with Crippen molar-refractivity contribution >= 4 is 27.3 Å². The molecule has 0 N–H and O–H groups in total. The summed E-state index contributed by atoms with van der Waals surface area (Å²) in [6.45, 7) is 9.41. The summed E-state index contributed by atoms with van der Waals surface area (Å²) in [5.41, 5.74) is -12.4. The number of halogens is 6. The Bertz CT molecular complexity index is 505. The van der Waals surface area contributed by atoms with Gasteiger partial charge in [0.1, 0.15) is 0 Å². The van der Waals surface area contributed by atoms with Crippen molar-refractivity contribution in [3.05, 3.63) is 4.13 Å². The van der Waals surface area contributed by atoms with E-state index in [4.69, 9.17) is 0 Å². The molecule has 0 aliphatic rings. The molecule has 0 aromatic carbocycles. The largest absolute Gasteiger partial charge is 0.480 e. The van der Waals surface area contributed by atoms with Crippen molar-refractivity contribution in [2.45, 2.75) is 24.4 Å². The third-order valence-corrected chi connectivity index (χ3v) is 6.20. The molecular weight excluding hydrogens is 383 g/mol. The fourth-order valence-corrected chi connectivity index (χ4v) is 3.94. The minimum absolute atomic E-state index is 0.416. The van der Waals surface area contributed by atoms with Crippen molar-refractivity contribution in [2.75, 3.05) is 26.2 Å². The van der Waals surface area contributed by atoms with Crippen molar-refractivity contribution in [3.63, 3.8) is 0 Å². The first-order valence-corrected chi connectivity index (χ1v) is 11.6. The van der Waals surface area contributed by atoms with Gasteiger partial charge in [0, 0.05) is 27.3 Å². The van der Waals surface area contributed by atoms with Crippen LogP contribution >= 0.6 is 7.26 Å². The lowest BCUT2D eigenvalue weighted by atomic mass is 10.6. The Morgan fingerprint density at radius 2 is 1.09 bits per heavy atom. The van der Waals surface area contributed by atoms with Crippen molar-refractivity contribution in [1.29, 1.82) is 0 Å². The van der Waals surface area contributed by atoms with Crippen molar-refractivity contribution in [1.82, 2.24) is 0 Å². The molecular formula is C8H16F6NO4PS2. The summed E-state index contributed by atoms with van der Waals surface area (Å²) in [6, 6.07) is 0. The molecule has 5 nitrogen and oxygen atoms in total. The smallest absolute Gasteiger partial charge is 0.421 e. The molecule has 0 radical (unpaired) electrons. The summed E-state index contributed by atoms with van der Waals surface area (Å²) < 4.78 is 109. The van der Waals surface area contributed by atoms with Gasteiger partial charge in [0.05, 0.1) is 6.16 Å². The van der Waals surface area contributed by atoms with Crippen molar-refractivity contribution < 1.29 is 43.2 Å². The summed E-state index contributed by atoms with van der Waals surface area (Å²) in [7, 11) is -13.9. The summed E-state index contributed by atoms with van der Waals surface area (Å²) in [5.74, 6) is 0. The lowest BCUT2D eigenvalue weighted by molar-refractivity contribution is -0.0444. The van der Waals surface area contributed by atoms with E-state index >= 15 is 0 Å². The average molecular weight is 399 g/mol. The first-order chi connectivity index (χ1) is 9.27. The van der Waals surface area contributed by atoms with E-state index in [9.17, 15) is 43.2 Å². The molecule has 22 heavy (non-hydrogen) atoms. The van der Waals surface area contributed by atoms with E-state index in [1.807, 2.05) is 0 Å². The molecule has 0 aliphatic heterocycles. The average Bonchev–Trinajstić information content (AvgIpc) is 2.10. The summed E-state index contributed by atoms with van der Waals surface area (Å²) in [6.07, 6.45) is 2.81. The number of rotatable bonds is 4. The van der Waals surface area contributed by atoms with Crippen LogP contribution in [0.1, 0.15) is 13.3 Å². The molecule has 136 valence electrons. The van der Waals surface area contributed by atoms with E-state index in [0.717, 1.165) is 4.13 Å². The van der Waals surface area contributed by atoms with Crippen LogP contribution in [0.5, 0.6) is 0 Å². The monoisotopic (exact) mass is 399 g/mol. The van der Waals surface area contributed by atoms with Gasteiger partial charge < -0.3 is 4.13 Å². The SMILES string of the molecule is CCC[P+](C)(C)C.O=S(=O)([N-]S(=O)(=O)C(F)(F)F)C(F)(F)F. The first-order valence-electron chi connectivity index (χ1n) is 5.44. The molecule has 0 heterocycles. The second-order valence-corrected chi connectivity index (χ2v) is 13.4. The minimum atomic E-state index is -6.72. The van der Waals surface area contributed by atoms with Crippen LogP contribution in [0.15, 0.2) is 0 Å². The van der Waals surface area contributed by atoms with E-state index in [1.165, 1.54) is 12.6 Å². The Labute approximate surface area is 125 Å². The third kappa shape index (κ3) is 9.11. The van der Waals surface area contributed by atoms with Gasteiger partial charge in [-0.25, -0.2) is 16.8 Å². The van der Waals surface area contributed by atoms with Gasteiger partial charge in [-0.2, -0.15) is 26.3 Å². The molecule has 0 bridgehead atoms. The Hall–Kier alpha value is -0.130. The highest BCUT2D eigenvalue weighted by Gasteiger charge is 2.46. The van der Waals surface area contributed by atoms with E-state index in [-0.39, 0.29) is 0 Å².